The second kappa shape index (κ2) is 9.19. The number of hydrogen-bond donors (Lipinski definition) is 1. The van der Waals surface area contributed by atoms with E-state index in [4.69, 9.17) is 16.3 Å². The third-order valence-corrected chi connectivity index (χ3v) is 6.01. The van der Waals surface area contributed by atoms with E-state index >= 15 is 0 Å². The number of aliphatic imine (C=N–C) groups is 1. The first-order valence-electron chi connectivity index (χ1n) is 10.8. The topological polar surface area (TPSA) is 71.8 Å². The number of methoxy groups -OCH3 is 1. The summed E-state index contributed by atoms with van der Waals surface area (Å²) >= 11 is 6.36. The number of ether oxygens (including phenoxy) is 1. The average molecular weight is 514 g/mol. The highest BCUT2D eigenvalue weighted by atomic mass is 35.5. The van der Waals surface area contributed by atoms with Crippen LogP contribution in [0.2, 0.25) is 0 Å². The van der Waals surface area contributed by atoms with Gasteiger partial charge in [-0.2, -0.15) is 4.99 Å². The summed E-state index contributed by atoms with van der Waals surface area (Å²) in [7, 11) is 1.54. The number of anilines is 1. The molecule has 2 aromatic carbocycles. The summed E-state index contributed by atoms with van der Waals surface area (Å²) in [6.45, 7) is 1.88. The molecule has 11 heteroatoms. The molecule has 1 atom stereocenters. The SMILES string of the molecule is COc1cc(NC2=CC(Cl)=CN3C2=NC(=O)CC3c2cc(F)c(F)c(F)c2)ccc1-n1cnc(C)c1. The lowest BCUT2D eigenvalue weighted by atomic mass is 9.98. The van der Waals surface area contributed by atoms with Crippen LogP contribution in [0.1, 0.15) is 23.7 Å². The van der Waals surface area contributed by atoms with Crippen LogP contribution in [-0.2, 0) is 4.79 Å². The third kappa shape index (κ3) is 4.35. The maximum atomic E-state index is 14.0. The Balaban J connectivity index is 1.48. The van der Waals surface area contributed by atoms with Crippen LogP contribution in [0.3, 0.4) is 0 Å². The number of nitrogens with zero attached hydrogens (tertiary/aromatic N) is 4. The van der Waals surface area contributed by atoms with Gasteiger partial charge in [0, 0.05) is 24.2 Å². The van der Waals surface area contributed by atoms with E-state index < -0.39 is 29.4 Å². The van der Waals surface area contributed by atoms with E-state index in [-0.39, 0.29) is 22.9 Å². The molecule has 0 spiro atoms. The fourth-order valence-corrected chi connectivity index (χ4v) is 4.39. The molecule has 1 unspecified atom stereocenters. The van der Waals surface area contributed by atoms with Crippen molar-refractivity contribution in [1.82, 2.24) is 14.5 Å². The van der Waals surface area contributed by atoms with Crippen molar-refractivity contribution < 1.29 is 22.7 Å². The number of halogens is 4. The Bertz CT molecular complexity index is 1460. The molecule has 0 aliphatic carbocycles. The van der Waals surface area contributed by atoms with E-state index in [2.05, 4.69) is 15.3 Å². The Kier molecular flexibility index (Phi) is 6.05. The highest BCUT2D eigenvalue weighted by Crippen LogP contribution is 2.36. The first kappa shape index (κ1) is 23.7. The summed E-state index contributed by atoms with van der Waals surface area (Å²) in [6.07, 6.45) is 6.45. The van der Waals surface area contributed by atoms with Gasteiger partial charge in [0.15, 0.2) is 23.3 Å². The maximum Gasteiger partial charge on any atom is 0.250 e. The molecule has 0 radical (unpaired) electrons. The fraction of sp³-hybridized carbons (Fsp3) is 0.160. The molecule has 2 aliphatic rings. The number of rotatable bonds is 5. The number of carbonyl (C=O) groups is 1. The van der Waals surface area contributed by atoms with E-state index in [9.17, 15) is 18.0 Å². The molecule has 1 N–H and O–H groups in total. The Morgan fingerprint density at radius 3 is 2.58 bits per heavy atom. The zero-order valence-electron chi connectivity index (χ0n) is 19.1. The predicted octanol–water partition coefficient (Wildman–Crippen LogP) is 5.37. The highest BCUT2D eigenvalue weighted by Gasteiger charge is 2.35. The fourth-order valence-electron chi connectivity index (χ4n) is 4.17. The molecule has 3 aromatic rings. The first-order chi connectivity index (χ1) is 17.2. The van der Waals surface area contributed by atoms with Gasteiger partial charge in [0.25, 0.3) is 0 Å². The van der Waals surface area contributed by atoms with Gasteiger partial charge in [-0.3, -0.25) is 4.79 Å². The van der Waals surface area contributed by atoms with Crippen LogP contribution in [-0.4, -0.2) is 33.3 Å². The standard InChI is InChI=1S/C25H19ClF3N5O2/c1-13-10-33(12-30-13)20-4-3-16(8-22(20)36-2)31-19-7-15(26)11-34-21(9-23(35)32-25(19)34)14-5-17(27)24(29)18(28)6-14/h3-8,10-12,21,31H,9H2,1-2H3. The Hall–Kier alpha value is -4.05. The molecule has 0 saturated carbocycles. The number of allylic oxidation sites excluding steroid dienone is 2. The zero-order chi connectivity index (χ0) is 25.6. The molecule has 184 valence electrons. The molecule has 0 fully saturated rings. The molecule has 0 bridgehead atoms. The van der Waals surface area contributed by atoms with E-state index in [1.54, 1.807) is 31.6 Å². The van der Waals surface area contributed by atoms with E-state index in [0.29, 0.717) is 17.1 Å². The lowest BCUT2D eigenvalue weighted by Crippen LogP contribution is -2.40. The monoisotopic (exact) mass is 513 g/mol. The number of amidine groups is 1. The number of hydrogen-bond acceptors (Lipinski definition) is 5. The second-order valence-electron chi connectivity index (χ2n) is 8.26. The Labute approximate surface area is 209 Å². The number of carbonyl (C=O) groups excluding carboxylic acids is 1. The van der Waals surface area contributed by atoms with Crippen LogP contribution in [0, 0.1) is 24.4 Å². The quantitative estimate of drug-likeness (QED) is 0.465. The van der Waals surface area contributed by atoms with Crippen LogP contribution < -0.4 is 10.1 Å². The third-order valence-electron chi connectivity index (χ3n) is 5.80. The molecular formula is C25H19ClF3N5O2. The smallest absolute Gasteiger partial charge is 0.250 e. The van der Waals surface area contributed by atoms with Crippen molar-refractivity contribution in [3.8, 4) is 11.4 Å². The molecule has 1 amide bonds. The van der Waals surface area contributed by atoms with Crippen LogP contribution in [0.25, 0.3) is 5.69 Å². The zero-order valence-corrected chi connectivity index (χ0v) is 19.9. The van der Waals surface area contributed by atoms with E-state index in [1.165, 1.54) is 11.1 Å². The number of benzene rings is 2. The number of amides is 1. The molecule has 1 aromatic heterocycles. The van der Waals surface area contributed by atoms with Crippen molar-refractivity contribution in [2.75, 3.05) is 12.4 Å². The van der Waals surface area contributed by atoms with Gasteiger partial charge in [0.1, 0.15) is 5.75 Å². The summed E-state index contributed by atoms with van der Waals surface area (Å²) in [5.41, 5.74) is 2.70. The average Bonchev–Trinajstić information content (AvgIpc) is 3.28. The van der Waals surface area contributed by atoms with Crippen molar-refractivity contribution in [3.05, 3.63) is 94.6 Å². The van der Waals surface area contributed by atoms with Gasteiger partial charge in [-0.05, 0) is 42.8 Å². The minimum absolute atomic E-state index is 0.0794. The Morgan fingerprint density at radius 2 is 1.92 bits per heavy atom. The molecule has 36 heavy (non-hydrogen) atoms. The van der Waals surface area contributed by atoms with Gasteiger partial charge in [0.2, 0.25) is 5.91 Å². The summed E-state index contributed by atoms with van der Waals surface area (Å²) in [4.78, 5) is 22.4. The summed E-state index contributed by atoms with van der Waals surface area (Å²) in [5, 5.41) is 3.48. The van der Waals surface area contributed by atoms with Crippen molar-refractivity contribution in [1.29, 1.82) is 0 Å². The van der Waals surface area contributed by atoms with E-state index in [0.717, 1.165) is 23.5 Å². The van der Waals surface area contributed by atoms with E-state index in [1.807, 2.05) is 23.8 Å². The molecular weight excluding hydrogens is 495 g/mol. The van der Waals surface area contributed by atoms with Crippen molar-refractivity contribution in [3.63, 3.8) is 0 Å². The molecule has 3 heterocycles. The summed E-state index contributed by atoms with van der Waals surface area (Å²) in [5.74, 6) is -4.00. The van der Waals surface area contributed by atoms with Crippen molar-refractivity contribution >= 4 is 29.0 Å². The van der Waals surface area contributed by atoms with Gasteiger partial charge >= 0.3 is 0 Å². The molecule has 7 nitrogen and oxygen atoms in total. The lowest BCUT2D eigenvalue weighted by molar-refractivity contribution is -0.119. The predicted molar refractivity (Wildman–Crippen MR) is 128 cm³/mol. The van der Waals surface area contributed by atoms with Crippen LogP contribution >= 0.6 is 11.6 Å². The van der Waals surface area contributed by atoms with Gasteiger partial charge < -0.3 is 19.5 Å². The Morgan fingerprint density at radius 1 is 1.17 bits per heavy atom. The number of aryl methyl sites for hydroxylation is 1. The molecule has 2 aliphatic heterocycles. The van der Waals surface area contributed by atoms with Crippen molar-refractivity contribution in [2.45, 2.75) is 19.4 Å². The summed E-state index contributed by atoms with van der Waals surface area (Å²) in [6, 6.07) is 6.30. The number of fused-ring (bicyclic) bond motifs is 1. The number of aromatic nitrogens is 2. The van der Waals surface area contributed by atoms with Gasteiger partial charge in [-0.25, -0.2) is 18.2 Å². The number of imidazole rings is 1. The molecule has 5 rings (SSSR count). The normalized spacial score (nSPS) is 17.3. The second-order valence-corrected chi connectivity index (χ2v) is 8.70. The minimum Gasteiger partial charge on any atom is -0.494 e. The van der Waals surface area contributed by atoms with Gasteiger partial charge in [0.05, 0.1) is 48.0 Å². The maximum absolute atomic E-state index is 14.0. The highest BCUT2D eigenvalue weighted by molar-refractivity contribution is 6.32. The van der Waals surface area contributed by atoms with Gasteiger partial charge in [-0.1, -0.05) is 11.6 Å². The lowest BCUT2D eigenvalue weighted by Gasteiger charge is -2.37. The first-order valence-corrected chi connectivity index (χ1v) is 11.2. The van der Waals surface area contributed by atoms with Crippen LogP contribution in [0.5, 0.6) is 5.75 Å². The minimum atomic E-state index is -1.58. The summed E-state index contributed by atoms with van der Waals surface area (Å²) < 4.78 is 48.8. The number of nitrogens with one attached hydrogen (secondary N) is 1. The van der Waals surface area contributed by atoms with Crippen LogP contribution in [0.4, 0.5) is 18.9 Å². The molecule has 0 saturated heterocycles. The van der Waals surface area contributed by atoms with Crippen molar-refractivity contribution in [2.24, 2.45) is 4.99 Å². The van der Waals surface area contributed by atoms with Gasteiger partial charge in [-0.15, -0.1) is 0 Å². The van der Waals surface area contributed by atoms with Crippen LogP contribution in [0.15, 0.2) is 70.9 Å². The largest absolute Gasteiger partial charge is 0.494 e.